The van der Waals surface area contributed by atoms with Crippen LogP contribution in [0.5, 0.6) is 0 Å². The molecule has 11 heteroatoms. The second kappa shape index (κ2) is 9.47. The van der Waals surface area contributed by atoms with E-state index in [1.165, 1.54) is 28.6 Å². The van der Waals surface area contributed by atoms with Crippen molar-refractivity contribution in [2.24, 2.45) is 4.99 Å². The van der Waals surface area contributed by atoms with Crippen LogP contribution in [0.4, 0.5) is 13.2 Å². The van der Waals surface area contributed by atoms with Gasteiger partial charge in [0, 0.05) is 24.7 Å². The summed E-state index contributed by atoms with van der Waals surface area (Å²) in [7, 11) is 4.04. The lowest BCUT2D eigenvalue weighted by Crippen LogP contribution is -2.36. The van der Waals surface area contributed by atoms with Gasteiger partial charge in [0.1, 0.15) is 17.4 Å². The van der Waals surface area contributed by atoms with Crippen molar-refractivity contribution in [3.8, 4) is 0 Å². The highest BCUT2D eigenvalue weighted by Crippen LogP contribution is 2.35. The Labute approximate surface area is 215 Å². The summed E-state index contributed by atoms with van der Waals surface area (Å²) < 4.78 is 41.9. The van der Waals surface area contributed by atoms with Crippen LogP contribution in [0.2, 0.25) is 5.02 Å². The summed E-state index contributed by atoms with van der Waals surface area (Å²) >= 11 is 7.14. The first kappa shape index (κ1) is 24.7. The Kier molecular flexibility index (Phi) is 6.49. The zero-order valence-electron chi connectivity index (χ0n) is 19.5. The molecule has 3 aromatic rings. The third-order valence-electron chi connectivity index (χ3n) is 6.41. The number of halogens is 4. The molecule has 0 N–H and O–H groups in total. The van der Waals surface area contributed by atoms with E-state index in [1.807, 2.05) is 7.05 Å². The van der Waals surface area contributed by atoms with Crippen LogP contribution in [-0.2, 0) is 17.5 Å². The third-order valence-corrected chi connectivity index (χ3v) is 7.72. The van der Waals surface area contributed by atoms with Crippen LogP contribution in [0, 0.1) is 6.20 Å². The zero-order valence-corrected chi connectivity index (χ0v) is 21.1. The average molecular weight is 533 g/mol. The highest BCUT2D eigenvalue weighted by molar-refractivity contribution is 8.18. The molecule has 2 aliphatic heterocycles. The quantitative estimate of drug-likeness (QED) is 0.467. The lowest BCUT2D eigenvalue weighted by atomic mass is 10.1. The van der Waals surface area contributed by atoms with E-state index < -0.39 is 11.7 Å². The van der Waals surface area contributed by atoms with Crippen molar-refractivity contribution in [1.29, 1.82) is 0 Å². The van der Waals surface area contributed by atoms with E-state index in [0.717, 1.165) is 31.1 Å². The molecule has 1 atom stereocenters. The summed E-state index contributed by atoms with van der Waals surface area (Å²) in [6.07, 6.45) is 1.13. The number of nitrogens with zero attached hydrogens (tertiary/aromatic N) is 5. The second-order valence-corrected chi connectivity index (χ2v) is 10.4. The summed E-state index contributed by atoms with van der Waals surface area (Å²) in [6.45, 7) is 1.87. The van der Waals surface area contributed by atoms with Crippen LogP contribution in [0.25, 0.3) is 17.0 Å². The second-order valence-electron chi connectivity index (χ2n) is 8.97. The van der Waals surface area contributed by atoms with Crippen molar-refractivity contribution in [2.75, 3.05) is 27.2 Å². The lowest BCUT2D eigenvalue weighted by Gasteiger charge is -2.25. The third kappa shape index (κ3) is 4.96. The minimum absolute atomic E-state index is 0.0221. The number of carbonyl (C=O) groups excluding carboxylic acids is 1. The predicted octanol–water partition coefficient (Wildman–Crippen LogP) is 4.37. The van der Waals surface area contributed by atoms with Gasteiger partial charge in [-0.25, -0.2) is 0 Å². The van der Waals surface area contributed by atoms with E-state index in [2.05, 4.69) is 33.1 Å². The number of aromatic nitrogens is 2. The molecule has 1 amide bonds. The summed E-state index contributed by atoms with van der Waals surface area (Å²) in [5.41, 5.74) is 0.664. The minimum Gasteiger partial charge on any atom is -0.350 e. The lowest BCUT2D eigenvalue weighted by molar-refractivity contribution is -0.412. The van der Waals surface area contributed by atoms with Crippen LogP contribution in [0.15, 0.2) is 46.3 Å². The molecule has 5 rings (SSSR count). The summed E-state index contributed by atoms with van der Waals surface area (Å²) in [5, 5.41) is 5.52. The van der Waals surface area contributed by atoms with Crippen LogP contribution >= 0.6 is 23.4 Å². The Bertz CT molecular complexity index is 1400. The van der Waals surface area contributed by atoms with Gasteiger partial charge in [-0.05, 0) is 77.9 Å². The molecule has 0 radical (unpaired) electrons. The van der Waals surface area contributed by atoms with Gasteiger partial charge in [-0.15, -0.1) is 0 Å². The van der Waals surface area contributed by atoms with Crippen LogP contribution in [0.3, 0.4) is 0 Å². The molecule has 0 saturated carbocycles. The Hall–Kier alpha value is -3.00. The first-order chi connectivity index (χ1) is 17.1. The monoisotopic (exact) mass is 532 g/mol. The molecule has 6 nitrogen and oxygen atoms in total. The van der Waals surface area contributed by atoms with Gasteiger partial charge in [0.2, 0.25) is 0 Å². The van der Waals surface area contributed by atoms with E-state index >= 15 is 0 Å². The number of benzene rings is 2. The molecule has 36 heavy (non-hydrogen) atoms. The number of rotatable bonds is 4. The Morgan fingerprint density at radius 1 is 1.31 bits per heavy atom. The number of thioether (sulfide) groups is 1. The number of amidine groups is 1. The van der Waals surface area contributed by atoms with Gasteiger partial charge >= 0.3 is 12.4 Å². The number of aliphatic imine (C=N–C) groups is 1. The van der Waals surface area contributed by atoms with Crippen molar-refractivity contribution in [1.82, 2.24) is 14.5 Å². The number of alkyl halides is 3. The molecular formula is C25H22ClF3N5OS+. The standard InChI is InChI=1S/C25H22ClF3N5OS/c1-32-8-7-19(14-32)33(2)24-31-23(35)22(36-24)10-15-3-6-21-17(9-15)12-30-34(21)13-16-4-5-18(26)11-20(16)25(27,28)29/h3-6,9-11,19H,7-8,13-14H2,1-2H3/q+1/b22-10-. The van der Waals surface area contributed by atoms with Gasteiger partial charge in [-0.1, -0.05) is 23.7 Å². The van der Waals surface area contributed by atoms with E-state index in [4.69, 9.17) is 11.6 Å². The fourth-order valence-corrected chi connectivity index (χ4v) is 5.56. The van der Waals surface area contributed by atoms with Crippen LogP contribution in [0.1, 0.15) is 23.1 Å². The number of hydrogen-bond acceptors (Lipinski definition) is 4. The molecule has 0 bridgehead atoms. The average Bonchev–Trinajstić information content (AvgIpc) is 3.53. The molecule has 0 spiro atoms. The number of amides is 1. The van der Waals surface area contributed by atoms with Gasteiger partial charge in [-0.2, -0.15) is 18.2 Å². The van der Waals surface area contributed by atoms with Gasteiger partial charge in [0.15, 0.2) is 5.17 Å². The van der Waals surface area contributed by atoms with Crippen molar-refractivity contribution < 1.29 is 23.1 Å². The molecule has 0 aliphatic carbocycles. The first-order valence-electron chi connectivity index (χ1n) is 11.3. The molecule has 1 aromatic heterocycles. The highest BCUT2D eigenvalue weighted by atomic mass is 35.5. The maximum Gasteiger partial charge on any atom is 0.416 e. The van der Waals surface area contributed by atoms with Crippen molar-refractivity contribution >= 4 is 51.4 Å². The maximum absolute atomic E-state index is 13.5. The fourth-order valence-electron chi connectivity index (χ4n) is 4.44. The first-order valence-corrected chi connectivity index (χ1v) is 12.5. The largest absolute Gasteiger partial charge is 0.416 e. The smallest absolute Gasteiger partial charge is 0.350 e. The summed E-state index contributed by atoms with van der Waals surface area (Å²) in [6, 6.07) is 9.41. The number of hydrogen-bond donors (Lipinski definition) is 0. The minimum atomic E-state index is -4.53. The number of fused-ring (bicyclic) bond motifs is 1. The van der Waals surface area contributed by atoms with Gasteiger partial charge in [-0.3, -0.25) is 4.79 Å². The predicted molar refractivity (Wildman–Crippen MR) is 134 cm³/mol. The van der Waals surface area contributed by atoms with Gasteiger partial charge in [0.25, 0.3) is 5.91 Å². The maximum atomic E-state index is 13.5. The van der Waals surface area contributed by atoms with Crippen molar-refractivity contribution in [3.63, 3.8) is 0 Å². The summed E-state index contributed by atoms with van der Waals surface area (Å²) in [5.74, 6) is -0.282. The van der Waals surface area contributed by atoms with Gasteiger partial charge in [0.05, 0.1) is 15.6 Å². The highest BCUT2D eigenvalue weighted by Gasteiger charge is 2.34. The topological polar surface area (TPSA) is 54.9 Å². The van der Waals surface area contributed by atoms with E-state index in [-0.39, 0.29) is 23.0 Å². The van der Waals surface area contributed by atoms with Crippen molar-refractivity contribution in [3.05, 3.63) is 69.2 Å². The Morgan fingerprint density at radius 2 is 2.11 bits per heavy atom. The number of likely N-dealkylation sites (N-methyl/N-ethyl adjacent to an activating group) is 2. The van der Waals surface area contributed by atoms with E-state index in [9.17, 15) is 18.0 Å². The molecule has 2 aliphatic rings. The normalized spacial score (nSPS) is 19.8. The molecule has 3 heterocycles. The van der Waals surface area contributed by atoms with Crippen LogP contribution in [-0.4, -0.2) is 58.8 Å². The molecule has 1 unspecified atom stereocenters. The van der Waals surface area contributed by atoms with Crippen molar-refractivity contribution in [2.45, 2.75) is 25.2 Å². The van der Waals surface area contributed by atoms with Gasteiger partial charge < -0.3 is 9.80 Å². The molecule has 1 fully saturated rings. The summed E-state index contributed by atoms with van der Waals surface area (Å²) in [4.78, 5) is 21.6. The fraction of sp³-hybridized carbons (Fsp3) is 0.320. The van der Waals surface area contributed by atoms with E-state index in [1.54, 1.807) is 24.3 Å². The molecular weight excluding hydrogens is 511 g/mol. The molecule has 1 saturated heterocycles. The molecule has 2 aromatic carbocycles. The number of likely N-dealkylation sites (tertiary alicyclic amines) is 1. The van der Waals surface area contributed by atoms with Crippen LogP contribution < -0.4 is 5.10 Å². The molecule has 186 valence electrons. The number of carbonyl (C=O) groups is 1. The Balaban J connectivity index is 1.35. The van der Waals surface area contributed by atoms with E-state index in [0.29, 0.717) is 27.0 Å². The Morgan fingerprint density at radius 3 is 2.83 bits per heavy atom. The zero-order chi connectivity index (χ0) is 25.6. The SMILES string of the molecule is CN1CCC(N(C)C2=NC(=O)/C(=C/c3ccc4c(c#[n+]n4Cc4ccc(Cl)cc4C(F)(F)F)c3)S2)C1.